The predicted molar refractivity (Wildman–Crippen MR) is 73.0 cm³/mol. The topological polar surface area (TPSA) is 20.2 Å². The molecule has 0 atom stereocenters. The van der Waals surface area contributed by atoms with Gasteiger partial charge in [0.1, 0.15) is 0 Å². The van der Waals surface area contributed by atoms with E-state index in [0.717, 1.165) is 0 Å². The van der Waals surface area contributed by atoms with E-state index in [1.165, 1.54) is 0 Å². The van der Waals surface area contributed by atoms with Crippen LogP contribution in [0.2, 0.25) is 0 Å². The van der Waals surface area contributed by atoms with Gasteiger partial charge >= 0.3 is 75.0 Å². The van der Waals surface area contributed by atoms with E-state index in [1.807, 2.05) is 16.3 Å². The summed E-state index contributed by atoms with van der Waals surface area (Å²) in [6.07, 6.45) is 0. The second kappa shape index (κ2) is 8.38. The average Bonchev–Trinajstić information content (AvgIpc) is 1.36. The van der Waals surface area contributed by atoms with Gasteiger partial charge in [-0.05, 0) is 0 Å². The molecule has 0 aliphatic rings. The SMILES string of the molecule is OBr.[I][Pb]([I])([I])[I]. The van der Waals surface area contributed by atoms with E-state index < -0.39 is 4.00 Å². The molecule has 7 heavy (non-hydrogen) atoms. The zero-order valence-corrected chi connectivity index (χ0v) is 16.9. The number of hydrogen-bond acceptors (Lipinski definition) is 1. The quantitative estimate of drug-likeness (QED) is 0.294. The summed E-state index contributed by atoms with van der Waals surface area (Å²) in [5.41, 5.74) is 0. The van der Waals surface area contributed by atoms with Gasteiger partial charge in [0, 0.05) is 0 Å². The number of rotatable bonds is 0. The van der Waals surface area contributed by atoms with E-state index in [-0.39, 0.29) is 0 Å². The third-order valence-corrected chi connectivity index (χ3v) is 0. The van der Waals surface area contributed by atoms with Gasteiger partial charge in [0.25, 0.3) is 0 Å². The molecule has 1 N–H and O–H groups in total. The molecule has 0 heterocycles. The van der Waals surface area contributed by atoms with Crippen LogP contribution in [0.25, 0.3) is 0 Å². The average molecular weight is 812 g/mol. The van der Waals surface area contributed by atoms with Gasteiger partial charge in [-0.1, -0.05) is 0 Å². The first-order chi connectivity index (χ1) is 3.00. The molecule has 0 bridgehead atoms. The maximum absolute atomic E-state index is 6.81. The van der Waals surface area contributed by atoms with E-state index in [9.17, 15) is 0 Å². The molecule has 0 radical (unpaired) electrons. The van der Waals surface area contributed by atoms with E-state index >= 15 is 0 Å². The zero-order chi connectivity index (χ0) is 6.50. The van der Waals surface area contributed by atoms with Crippen LogP contribution in [0.5, 0.6) is 0 Å². The van der Waals surface area contributed by atoms with Crippen molar-refractivity contribution in [3.8, 4) is 0 Å². The second-order valence-electron chi connectivity index (χ2n) is 0.429. The molecule has 1 nitrogen and oxygen atoms in total. The van der Waals surface area contributed by atoms with Gasteiger partial charge in [0.05, 0.1) is 16.3 Å². The van der Waals surface area contributed by atoms with Crippen LogP contribution in [0.3, 0.4) is 0 Å². The normalized spacial score (nSPS) is 9.43. The molecular weight excluding hydrogens is 811 g/mol. The van der Waals surface area contributed by atoms with Gasteiger partial charge in [-0.3, -0.25) is 0 Å². The van der Waals surface area contributed by atoms with Crippen molar-refractivity contribution < 1.29 is 4.20 Å². The van der Waals surface area contributed by atoms with Gasteiger partial charge in [-0.2, -0.15) is 0 Å². The molecule has 0 unspecified atom stereocenters. The molecule has 0 rings (SSSR count). The maximum atomic E-state index is 6.81. The third-order valence-electron chi connectivity index (χ3n) is 0. The predicted octanol–water partition coefficient (Wildman–Crippen LogP) is 3.45. The summed E-state index contributed by atoms with van der Waals surface area (Å²) < 4.78 is 5.41. The van der Waals surface area contributed by atoms with Gasteiger partial charge in [0.15, 0.2) is 0 Å². The van der Waals surface area contributed by atoms with Crippen molar-refractivity contribution in [2.24, 2.45) is 0 Å². The summed E-state index contributed by atoms with van der Waals surface area (Å²) >= 11 is 12.2. The summed E-state index contributed by atoms with van der Waals surface area (Å²) in [5, 5.41) is 0. The summed E-state index contributed by atoms with van der Waals surface area (Å²) in [6, 6.07) is 0. The molecule has 0 spiro atoms. The summed E-state index contributed by atoms with van der Waals surface area (Å²) in [7, 11) is 0. The monoisotopic (exact) mass is 812 g/mol. The number of halogens is 5. The zero-order valence-electron chi connectivity index (χ0n) is 2.84. The Balaban J connectivity index is 0. The van der Waals surface area contributed by atoms with Gasteiger partial charge in [0.2, 0.25) is 0 Å². The molecule has 0 amide bonds. The molecule has 0 saturated carbocycles. The van der Waals surface area contributed by atoms with Crippen LogP contribution < -0.4 is 0 Å². The van der Waals surface area contributed by atoms with Crippen molar-refractivity contribution >= 4 is 91.3 Å². The van der Waals surface area contributed by atoms with Crippen LogP contribution in [0.15, 0.2) is 0 Å². The van der Waals surface area contributed by atoms with Gasteiger partial charge < -0.3 is 4.20 Å². The van der Waals surface area contributed by atoms with Crippen molar-refractivity contribution in [2.45, 2.75) is 0 Å². The molecule has 0 saturated heterocycles. The van der Waals surface area contributed by atoms with Crippen LogP contribution in [0.1, 0.15) is 0 Å². The molecule has 0 aromatic heterocycles. The first kappa shape index (κ1) is 13.8. The minimum atomic E-state index is -1.40. The Morgan fingerprint density at radius 3 is 1.00 bits per heavy atom. The fourth-order valence-electron chi connectivity index (χ4n) is 0. The Hall–Kier alpha value is 4.28. The first-order valence-electron chi connectivity index (χ1n) is 0.925. The summed E-state index contributed by atoms with van der Waals surface area (Å²) in [5.74, 6) is 0. The Labute approximate surface area is 92.1 Å². The van der Waals surface area contributed by atoms with Crippen molar-refractivity contribution in [3.05, 3.63) is 0 Å². The Morgan fingerprint density at radius 1 is 1.00 bits per heavy atom. The van der Waals surface area contributed by atoms with Crippen molar-refractivity contribution in [2.75, 3.05) is 0 Å². The molecule has 7 heteroatoms. The Kier molecular flexibility index (Phi) is 16.6. The van der Waals surface area contributed by atoms with Crippen molar-refractivity contribution in [3.63, 3.8) is 0 Å². The standard InChI is InChI=1S/BrHO.4HI.Pb/c1-2;;;;;/h2H;4*1H;/q;;;;;+4/p-4. The van der Waals surface area contributed by atoms with Crippen molar-refractivity contribution in [1.29, 1.82) is 0 Å². The molecule has 0 aliphatic carbocycles. The molecule has 0 fully saturated rings. The molecule has 0 aromatic rings. The van der Waals surface area contributed by atoms with E-state index in [4.69, 9.17) is 4.20 Å². The second-order valence-corrected chi connectivity index (χ2v) is 169. The fourth-order valence-corrected chi connectivity index (χ4v) is 0. The van der Waals surface area contributed by atoms with Crippen LogP contribution in [-0.4, -0.2) is 8.20 Å². The molecular formula is HBrI4OPb. The molecule has 0 aliphatic heterocycles. The van der Waals surface area contributed by atoms with E-state index in [0.29, 0.717) is 0 Å². The minimum absolute atomic E-state index is 1.40. The van der Waals surface area contributed by atoms with Gasteiger partial charge in [-0.25, -0.2) is 0 Å². The van der Waals surface area contributed by atoms with Crippen LogP contribution in [-0.2, 0) is 0 Å². The van der Waals surface area contributed by atoms with Crippen molar-refractivity contribution in [1.82, 2.24) is 0 Å². The third kappa shape index (κ3) is 38.5. The van der Waals surface area contributed by atoms with Crippen LogP contribution >= 0.6 is 87.3 Å². The van der Waals surface area contributed by atoms with Crippen LogP contribution in [0, 0.1) is 0 Å². The van der Waals surface area contributed by atoms with E-state index in [1.54, 1.807) is 0 Å². The molecule has 46 valence electrons. The van der Waals surface area contributed by atoms with E-state index in [2.05, 4.69) is 71.0 Å². The summed E-state index contributed by atoms with van der Waals surface area (Å²) in [4.78, 5) is 0. The van der Waals surface area contributed by atoms with Gasteiger partial charge in [-0.15, -0.1) is 0 Å². The summed E-state index contributed by atoms with van der Waals surface area (Å²) in [6.45, 7) is 0. The van der Waals surface area contributed by atoms with Crippen LogP contribution in [0.4, 0.5) is 0 Å². The Bertz CT molecular complexity index is 27.2. The number of hydrogen-bond donors (Lipinski definition) is 1. The Morgan fingerprint density at radius 2 is 1.00 bits per heavy atom. The fraction of sp³-hybridized carbons (Fsp3) is 0. The molecule has 0 aromatic carbocycles. The first-order valence-corrected chi connectivity index (χ1v) is 45.4.